The predicted molar refractivity (Wildman–Crippen MR) is 123 cm³/mol. The highest BCUT2D eigenvalue weighted by atomic mass is 32.2. The molecule has 0 saturated carbocycles. The number of hydrogen-bond donors (Lipinski definition) is 0. The average Bonchev–Trinajstić information content (AvgIpc) is 3.49. The molecule has 1 aromatic carbocycles. The Hall–Kier alpha value is -3.38. The van der Waals surface area contributed by atoms with Crippen molar-refractivity contribution >= 4 is 22.1 Å². The van der Waals surface area contributed by atoms with Crippen molar-refractivity contribution in [2.24, 2.45) is 5.41 Å². The average molecular weight is 501 g/mol. The van der Waals surface area contributed by atoms with Crippen LogP contribution in [-0.4, -0.2) is 63.7 Å². The van der Waals surface area contributed by atoms with E-state index in [1.165, 1.54) is 34.5 Å². The summed E-state index contributed by atoms with van der Waals surface area (Å²) in [6.45, 7) is 2.57. The summed E-state index contributed by atoms with van der Waals surface area (Å²) in [5.41, 5.74) is 1.84. The van der Waals surface area contributed by atoms with E-state index in [4.69, 9.17) is 4.74 Å². The van der Waals surface area contributed by atoms with Gasteiger partial charge in [0.25, 0.3) is 10.0 Å². The number of piperidine rings is 1. The van der Waals surface area contributed by atoms with E-state index in [2.05, 4.69) is 15.3 Å². The molecule has 1 aliphatic carbocycles. The number of methoxy groups -OCH3 is 1. The molecular formula is C23H25FN6O4S. The molecule has 1 atom stereocenters. The summed E-state index contributed by atoms with van der Waals surface area (Å²) in [6.07, 6.45) is 6.12. The van der Waals surface area contributed by atoms with Crippen LogP contribution in [0, 0.1) is 11.2 Å². The van der Waals surface area contributed by atoms with Gasteiger partial charge in [0, 0.05) is 13.1 Å². The quantitative estimate of drug-likeness (QED) is 0.477. The number of hydrogen-bond acceptors (Lipinski definition) is 7. The summed E-state index contributed by atoms with van der Waals surface area (Å²) in [5, 5.41) is 12.5. The molecule has 35 heavy (non-hydrogen) atoms. The second-order valence-corrected chi connectivity index (χ2v) is 10.6. The van der Waals surface area contributed by atoms with E-state index in [1.807, 2.05) is 13.0 Å². The van der Waals surface area contributed by atoms with E-state index in [1.54, 1.807) is 23.0 Å². The molecule has 0 N–H and O–H groups in total. The molecule has 1 fully saturated rings. The number of fused-ring (bicyclic) bond motifs is 2. The van der Waals surface area contributed by atoms with Gasteiger partial charge in [0.15, 0.2) is 0 Å². The number of nitrogens with zero attached hydrogens (tertiary/aromatic N) is 6. The standard InChI is InChI=1S/C23H25FN6O4S/c1-3-9-29-25-14-21(27-29)35(32,33)28-10-8-17-11-20-16(12-23(17,15-28)22(31)34-2)13-26-30(20)19-6-4-18(24)5-7-19/h4-7,11,13-14H,3,8-10,12,15H2,1-2H3. The summed E-state index contributed by atoms with van der Waals surface area (Å²) >= 11 is 0. The number of aryl methyl sites for hydroxylation is 1. The van der Waals surface area contributed by atoms with Gasteiger partial charge in [-0.1, -0.05) is 6.92 Å². The van der Waals surface area contributed by atoms with Gasteiger partial charge >= 0.3 is 5.97 Å². The van der Waals surface area contributed by atoms with Gasteiger partial charge in [-0.3, -0.25) is 4.79 Å². The second-order valence-electron chi connectivity index (χ2n) is 8.73. The number of rotatable bonds is 6. The van der Waals surface area contributed by atoms with Crippen molar-refractivity contribution < 1.29 is 22.3 Å². The number of halogens is 1. The monoisotopic (exact) mass is 500 g/mol. The normalized spacial score (nSPS) is 20.1. The van der Waals surface area contributed by atoms with Crippen LogP contribution in [0.15, 0.2) is 47.3 Å². The molecule has 0 bridgehead atoms. The number of carbonyl (C=O) groups is 1. The molecule has 1 saturated heterocycles. The first-order chi connectivity index (χ1) is 16.8. The van der Waals surface area contributed by atoms with Crippen LogP contribution in [0.2, 0.25) is 0 Å². The molecule has 184 valence electrons. The minimum Gasteiger partial charge on any atom is -0.468 e. The van der Waals surface area contributed by atoms with Gasteiger partial charge in [0.2, 0.25) is 5.03 Å². The van der Waals surface area contributed by atoms with Crippen LogP contribution in [0.25, 0.3) is 11.8 Å². The van der Waals surface area contributed by atoms with E-state index in [-0.39, 0.29) is 30.4 Å². The Morgan fingerprint density at radius 1 is 1.20 bits per heavy atom. The summed E-state index contributed by atoms with van der Waals surface area (Å²) in [6, 6.07) is 5.98. The lowest BCUT2D eigenvalue weighted by Crippen LogP contribution is -2.53. The van der Waals surface area contributed by atoms with E-state index in [0.717, 1.165) is 23.3 Å². The summed E-state index contributed by atoms with van der Waals surface area (Å²) in [7, 11) is -2.66. The number of esters is 1. The molecule has 3 aromatic rings. The van der Waals surface area contributed by atoms with Crippen LogP contribution in [0.3, 0.4) is 0 Å². The third-order valence-corrected chi connectivity index (χ3v) is 8.28. The van der Waals surface area contributed by atoms with Crippen LogP contribution in [0.5, 0.6) is 0 Å². The molecule has 2 aliphatic rings. The van der Waals surface area contributed by atoms with Gasteiger partial charge in [0.1, 0.15) is 11.2 Å². The van der Waals surface area contributed by atoms with E-state index >= 15 is 0 Å². The first kappa shape index (κ1) is 23.4. The van der Waals surface area contributed by atoms with Crippen molar-refractivity contribution in [1.29, 1.82) is 0 Å². The van der Waals surface area contributed by atoms with Crippen LogP contribution in [-0.2, 0) is 32.5 Å². The minimum absolute atomic E-state index is 0.0738. The second kappa shape index (κ2) is 8.68. The highest BCUT2D eigenvalue weighted by molar-refractivity contribution is 7.89. The SMILES string of the molecule is CCCn1ncc(S(=O)(=O)N2CCC3=Cc4c(cnn4-c4ccc(F)cc4)CC3(C(=O)OC)C2)n1. The van der Waals surface area contributed by atoms with Gasteiger partial charge in [-0.15, -0.1) is 5.10 Å². The third kappa shape index (κ3) is 3.86. The Balaban J connectivity index is 1.51. The molecule has 1 unspecified atom stereocenters. The van der Waals surface area contributed by atoms with Crippen molar-refractivity contribution in [2.75, 3.05) is 20.2 Å². The summed E-state index contributed by atoms with van der Waals surface area (Å²) < 4.78 is 48.3. The Bertz CT molecular complexity index is 1410. The lowest BCUT2D eigenvalue weighted by atomic mass is 9.69. The minimum atomic E-state index is -3.96. The van der Waals surface area contributed by atoms with E-state index < -0.39 is 21.4 Å². The highest BCUT2D eigenvalue weighted by Crippen LogP contribution is 2.46. The van der Waals surface area contributed by atoms with Crippen molar-refractivity contribution in [3.05, 3.63) is 59.3 Å². The maximum absolute atomic E-state index is 13.4. The molecule has 0 spiro atoms. The van der Waals surface area contributed by atoms with Gasteiger partial charge in [-0.25, -0.2) is 17.5 Å². The maximum atomic E-state index is 13.4. The highest BCUT2D eigenvalue weighted by Gasteiger charge is 2.52. The number of benzene rings is 1. The number of sulfonamides is 1. The zero-order valence-corrected chi connectivity index (χ0v) is 20.2. The van der Waals surface area contributed by atoms with Crippen LogP contribution in [0.4, 0.5) is 4.39 Å². The number of aromatic nitrogens is 5. The summed E-state index contributed by atoms with van der Waals surface area (Å²) in [4.78, 5) is 14.5. The van der Waals surface area contributed by atoms with Crippen LogP contribution < -0.4 is 0 Å². The van der Waals surface area contributed by atoms with Gasteiger partial charge in [0.05, 0.1) is 37.4 Å². The van der Waals surface area contributed by atoms with Crippen molar-refractivity contribution in [3.63, 3.8) is 0 Å². The smallest absolute Gasteiger partial charge is 0.317 e. The Morgan fingerprint density at radius 3 is 2.69 bits per heavy atom. The third-order valence-electron chi connectivity index (χ3n) is 6.57. The lowest BCUT2D eigenvalue weighted by molar-refractivity contribution is -0.151. The van der Waals surface area contributed by atoms with Crippen molar-refractivity contribution in [2.45, 2.75) is 37.8 Å². The molecule has 12 heteroatoms. The number of ether oxygens (including phenoxy) is 1. The van der Waals surface area contributed by atoms with E-state index in [9.17, 15) is 17.6 Å². The molecule has 0 radical (unpaired) electrons. The molecular weight excluding hydrogens is 475 g/mol. The zero-order chi connectivity index (χ0) is 24.8. The van der Waals surface area contributed by atoms with E-state index in [0.29, 0.717) is 18.7 Å². The predicted octanol–water partition coefficient (Wildman–Crippen LogP) is 2.21. The van der Waals surface area contributed by atoms with Crippen molar-refractivity contribution in [1.82, 2.24) is 29.1 Å². The topological polar surface area (TPSA) is 112 Å². The molecule has 2 aromatic heterocycles. The first-order valence-corrected chi connectivity index (χ1v) is 12.7. The molecule has 10 nitrogen and oxygen atoms in total. The zero-order valence-electron chi connectivity index (χ0n) is 19.4. The summed E-state index contributed by atoms with van der Waals surface area (Å²) in [5.74, 6) is -0.848. The van der Waals surface area contributed by atoms with Gasteiger partial charge < -0.3 is 4.74 Å². The fourth-order valence-electron chi connectivity index (χ4n) is 4.81. The van der Waals surface area contributed by atoms with Crippen LogP contribution >= 0.6 is 0 Å². The fourth-order valence-corrected chi connectivity index (χ4v) is 6.18. The van der Waals surface area contributed by atoms with Crippen LogP contribution in [0.1, 0.15) is 31.0 Å². The Labute approximate surface area is 202 Å². The molecule has 3 heterocycles. The fraction of sp³-hybridized carbons (Fsp3) is 0.391. The molecule has 1 aliphatic heterocycles. The molecule has 5 rings (SSSR count). The van der Waals surface area contributed by atoms with Gasteiger partial charge in [-0.05, 0) is 60.7 Å². The Morgan fingerprint density at radius 2 is 1.97 bits per heavy atom. The van der Waals surface area contributed by atoms with Gasteiger partial charge in [-0.2, -0.15) is 19.3 Å². The molecule has 0 amide bonds. The maximum Gasteiger partial charge on any atom is 0.317 e. The lowest BCUT2D eigenvalue weighted by Gasteiger charge is -2.43. The largest absolute Gasteiger partial charge is 0.468 e. The number of carbonyl (C=O) groups excluding carboxylic acids is 1. The first-order valence-electron chi connectivity index (χ1n) is 11.3. The van der Waals surface area contributed by atoms with Crippen molar-refractivity contribution in [3.8, 4) is 5.69 Å². The Kier molecular flexibility index (Phi) is 5.80.